The van der Waals surface area contributed by atoms with Crippen molar-refractivity contribution >= 4 is 17.3 Å². The zero-order valence-corrected chi connectivity index (χ0v) is 9.49. The third-order valence-corrected chi connectivity index (χ3v) is 2.66. The number of rotatable bonds is 3. The Labute approximate surface area is 94.4 Å². The van der Waals surface area contributed by atoms with Crippen molar-refractivity contribution in [1.29, 1.82) is 5.41 Å². The number of aromatic nitrogens is 2. The van der Waals surface area contributed by atoms with Crippen LogP contribution in [0.25, 0.3) is 0 Å². The van der Waals surface area contributed by atoms with Crippen molar-refractivity contribution in [2.24, 2.45) is 0 Å². The molecule has 0 aromatic carbocycles. The Morgan fingerprint density at radius 2 is 2.25 bits per heavy atom. The van der Waals surface area contributed by atoms with E-state index >= 15 is 0 Å². The molecule has 0 amide bonds. The third kappa shape index (κ3) is 1.96. The smallest absolute Gasteiger partial charge is 0.140 e. The standard InChI is InChI=1S/C10H16N6/c1-6(11)8-9(12)13-5-14-10(8)15-7-3-16(2)4-7/h5,7,11H,3-4H2,1-2H3,(H3,12,13,14,15). The van der Waals surface area contributed by atoms with Crippen molar-refractivity contribution in [3.8, 4) is 0 Å². The van der Waals surface area contributed by atoms with Gasteiger partial charge < -0.3 is 21.4 Å². The molecule has 0 atom stereocenters. The molecule has 0 aliphatic carbocycles. The summed E-state index contributed by atoms with van der Waals surface area (Å²) in [5.41, 5.74) is 6.73. The van der Waals surface area contributed by atoms with E-state index in [0.29, 0.717) is 29.0 Å². The molecular formula is C10H16N6. The summed E-state index contributed by atoms with van der Waals surface area (Å²) in [4.78, 5) is 10.3. The van der Waals surface area contributed by atoms with Crippen molar-refractivity contribution in [3.05, 3.63) is 11.9 Å². The molecule has 1 aliphatic rings. The summed E-state index contributed by atoms with van der Waals surface area (Å²) in [7, 11) is 2.06. The SMILES string of the molecule is CC(=N)c1c(N)ncnc1NC1CN(C)C1. The number of hydrogen-bond donors (Lipinski definition) is 3. The highest BCUT2D eigenvalue weighted by atomic mass is 15.2. The Morgan fingerprint density at radius 1 is 1.56 bits per heavy atom. The Balaban J connectivity index is 2.19. The van der Waals surface area contributed by atoms with Gasteiger partial charge in [-0.25, -0.2) is 9.97 Å². The average molecular weight is 220 g/mol. The molecule has 0 bridgehead atoms. The molecule has 1 aromatic heterocycles. The minimum Gasteiger partial charge on any atom is -0.383 e. The van der Waals surface area contributed by atoms with Gasteiger partial charge in [-0.2, -0.15) is 0 Å². The van der Waals surface area contributed by atoms with Gasteiger partial charge >= 0.3 is 0 Å². The molecule has 1 aromatic rings. The third-order valence-electron chi connectivity index (χ3n) is 2.66. The lowest BCUT2D eigenvalue weighted by Crippen LogP contribution is -2.52. The minimum atomic E-state index is 0.359. The maximum Gasteiger partial charge on any atom is 0.140 e. The molecule has 2 heterocycles. The van der Waals surface area contributed by atoms with E-state index in [4.69, 9.17) is 11.1 Å². The van der Waals surface area contributed by atoms with Crippen LogP contribution in [0, 0.1) is 5.41 Å². The van der Waals surface area contributed by atoms with E-state index in [1.165, 1.54) is 6.33 Å². The van der Waals surface area contributed by atoms with E-state index in [9.17, 15) is 0 Å². The summed E-state index contributed by atoms with van der Waals surface area (Å²) >= 11 is 0. The van der Waals surface area contributed by atoms with Gasteiger partial charge in [-0.3, -0.25) is 0 Å². The Bertz CT molecular complexity index is 410. The number of nitrogens with two attached hydrogens (primary N) is 1. The molecule has 1 fully saturated rings. The topological polar surface area (TPSA) is 90.9 Å². The van der Waals surface area contributed by atoms with Crippen molar-refractivity contribution < 1.29 is 0 Å². The number of nitrogens with zero attached hydrogens (tertiary/aromatic N) is 3. The zero-order chi connectivity index (χ0) is 11.7. The van der Waals surface area contributed by atoms with E-state index in [1.54, 1.807) is 6.92 Å². The molecule has 2 rings (SSSR count). The van der Waals surface area contributed by atoms with E-state index < -0.39 is 0 Å². The minimum absolute atomic E-state index is 0.359. The van der Waals surface area contributed by atoms with E-state index in [2.05, 4.69) is 27.2 Å². The maximum atomic E-state index is 7.67. The van der Waals surface area contributed by atoms with Crippen LogP contribution in [-0.4, -0.2) is 46.8 Å². The molecule has 4 N–H and O–H groups in total. The quantitative estimate of drug-likeness (QED) is 0.632. The molecule has 0 radical (unpaired) electrons. The lowest BCUT2D eigenvalue weighted by Gasteiger charge is -2.37. The first-order chi connectivity index (χ1) is 7.58. The molecule has 0 unspecified atom stereocenters. The maximum absolute atomic E-state index is 7.67. The highest BCUT2D eigenvalue weighted by molar-refractivity contribution is 6.04. The van der Waals surface area contributed by atoms with Crippen molar-refractivity contribution in [2.75, 3.05) is 31.2 Å². The number of hydrogen-bond acceptors (Lipinski definition) is 6. The Hall–Kier alpha value is -1.69. The fraction of sp³-hybridized carbons (Fsp3) is 0.500. The fourth-order valence-corrected chi connectivity index (χ4v) is 1.86. The van der Waals surface area contributed by atoms with Crippen LogP contribution >= 0.6 is 0 Å². The van der Waals surface area contributed by atoms with Gasteiger partial charge in [0.15, 0.2) is 0 Å². The second-order valence-electron chi connectivity index (χ2n) is 4.17. The number of likely N-dealkylation sites (N-methyl/N-ethyl adjacent to an activating group) is 1. The number of nitrogen functional groups attached to an aromatic ring is 1. The van der Waals surface area contributed by atoms with Gasteiger partial charge in [-0.1, -0.05) is 0 Å². The Kier molecular flexibility index (Phi) is 2.74. The Morgan fingerprint density at radius 3 is 2.81 bits per heavy atom. The van der Waals surface area contributed by atoms with Gasteiger partial charge in [0.05, 0.1) is 11.6 Å². The lowest BCUT2D eigenvalue weighted by molar-refractivity contribution is 0.205. The first-order valence-corrected chi connectivity index (χ1v) is 5.19. The molecule has 16 heavy (non-hydrogen) atoms. The molecule has 6 heteroatoms. The van der Waals surface area contributed by atoms with Crippen LogP contribution in [0.3, 0.4) is 0 Å². The van der Waals surface area contributed by atoms with Crippen LogP contribution < -0.4 is 11.1 Å². The van der Waals surface area contributed by atoms with Crippen LogP contribution in [0.2, 0.25) is 0 Å². The summed E-state index contributed by atoms with van der Waals surface area (Å²) in [5, 5.41) is 11.0. The lowest BCUT2D eigenvalue weighted by atomic mass is 10.1. The highest BCUT2D eigenvalue weighted by Gasteiger charge is 2.24. The average Bonchev–Trinajstić information content (AvgIpc) is 2.14. The van der Waals surface area contributed by atoms with Crippen molar-refractivity contribution in [3.63, 3.8) is 0 Å². The predicted octanol–water partition coefficient (Wildman–Crippen LogP) is 0.172. The van der Waals surface area contributed by atoms with Crippen LogP contribution in [0.5, 0.6) is 0 Å². The van der Waals surface area contributed by atoms with Crippen LogP contribution in [-0.2, 0) is 0 Å². The molecule has 0 saturated carbocycles. The van der Waals surface area contributed by atoms with Crippen LogP contribution in [0.4, 0.5) is 11.6 Å². The number of nitrogens with one attached hydrogen (secondary N) is 2. The first kappa shape index (κ1) is 10.8. The normalized spacial score (nSPS) is 16.9. The summed E-state index contributed by atoms with van der Waals surface area (Å²) in [6.45, 7) is 3.66. The highest BCUT2D eigenvalue weighted by Crippen LogP contribution is 2.20. The van der Waals surface area contributed by atoms with E-state index in [0.717, 1.165) is 13.1 Å². The molecular weight excluding hydrogens is 204 g/mol. The molecule has 6 nitrogen and oxygen atoms in total. The van der Waals surface area contributed by atoms with E-state index in [-0.39, 0.29) is 0 Å². The van der Waals surface area contributed by atoms with Gasteiger partial charge in [-0.15, -0.1) is 0 Å². The summed E-state index contributed by atoms with van der Waals surface area (Å²) < 4.78 is 0. The van der Waals surface area contributed by atoms with Gasteiger partial charge in [0.25, 0.3) is 0 Å². The summed E-state index contributed by atoms with van der Waals surface area (Å²) in [5.74, 6) is 1.02. The van der Waals surface area contributed by atoms with Crippen LogP contribution in [0.15, 0.2) is 6.33 Å². The monoisotopic (exact) mass is 220 g/mol. The molecule has 1 aliphatic heterocycles. The zero-order valence-electron chi connectivity index (χ0n) is 9.49. The second-order valence-corrected chi connectivity index (χ2v) is 4.17. The number of likely N-dealkylation sites (tertiary alicyclic amines) is 1. The summed E-state index contributed by atoms with van der Waals surface area (Å²) in [6.07, 6.45) is 1.42. The second kappa shape index (κ2) is 4.05. The molecule has 0 spiro atoms. The van der Waals surface area contributed by atoms with E-state index in [1.807, 2.05) is 0 Å². The predicted molar refractivity (Wildman–Crippen MR) is 63.9 cm³/mol. The van der Waals surface area contributed by atoms with Gasteiger partial charge in [0.1, 0.15) is 18.0 Å². The van der Waals surface area contributed by atoms with Crippen molar-refractivity contribution in [2.45, 2.75) is 13.0 Å². The fourth-order valence-electron chi connectivity index (χ4n) is 1.86. The van der Waals surface area contributed by atoms with Crippen molar-refractivity contribution in [1.82, 2.24) is 14.9 Å². The number of anilines is 2. The largest absolute Gasteiger partial charge is 0.383 e. The van der Waals surface area contributed by atoms with Gasteiger partial charge in [0.2, 0.25) is 0 Å². The van der Waals surface area contributed by atoms with Gasteiger partial charge in [0, 0.05) is 18.8 Å². The first-order valence-electron chi connectivity index (χ1n) is 5.19. The van der Waals surface area contributed by atoms with Crippen LogP contribution in [0.1, 0.15) is 12.5 Å². The molecule has 1 saturated heterocycles. The van der Waals surface area contributed by atoms with Gasteiger partial charge in [-0.05, 0) is 14.0 Å². The molecule has 86 valence electrons. The summed E-state index contributed by atoms with van der Waals surface area (Å²) in [6, 6.07) is 0.386.